The summed E-state index contributed by atoms with van der Waals surface area (Å²) in [5.74, 6) is 2.03. The van der Waals surface area contributed by atoms with Gasteiger partial charge < -0.3 is 9.47 Å². The summed E-state index contributed by atoms with van der Waals surface area (Å²) < 4.78 is 14.8. The van der Waals surface area contributed by atoms with E-state index in [0.717, 1.165) is 63.4 Å². The van der Waals surface area contributed by atoms with Crippen LogP contribution in [0.1, 0.15) is 52.4 Å². The van der Waals surface area contributed by atoms with Crippen molar-refractivity contribution in [1.82, 2.24) is 0 Å². The molecule has 0 amide bonds. The van der Waals surface area contributed by atoms with E-state index in [4.69, 9.17) is 32.7 Å². The van der Waals surface area contributed by atoms with E-state index >= 15 is 0 Å². The largest absolute Gasteiger partial charge is 0.442 e. The van der Waals surface area contributed by atoms with E-state index in [-0.39, 0.29) is 5.38 Å². The molecule has 6 heteroatoms. The Hall–Kier alpha value is -0.970. The lowest BCUT2D eigenvalue weighted by molar-refractivity contribution is -0.881. The summed E-state index contributed by atoms with van der Waals surface area (Å²) in [6.07, 6.45) is 17.3. The first-order valence-electron chi connectivity index (χ1n) is 11.3. The summed E-state index contributed by atoms with van der Waals surface area (Å²) in [4.78, 5) is 1.43. The average molecular weight is 441 g/mol. The van der Waals surface area contributed by atoms with Crippen LogP contribution in [0.5, 0.6) is 0 Å². The van der Waals surface area contributed by atoms with E-state index < -0.39 is 0 Å². The first kappa shape index (κ1) is 21.3. The van der Waals surface area contributed by atoms with Gasteiger partial charge in [0.25, 0.3) is 5.88 Å². The smallest absolute Gasteiger partial charge is 0.363 e. The summed E-state index contributed by atoms with van der Waals surface area (Å²) in [7, 11) is 0. The zero-order valence-electron chi connectivity index (χ0n) is 17.5. The van der Waals surface area contributed by atoms with E-state index in [1.165, 1.54) is 4.90 Å². The molecule has 7 unspecified atom stereocenters. The fourth-order valence-electron chi connectivity index (χ4n) is 5.39. The molecule has 2 aliphatic heterocycles. The molecule has 0 aromatic heterocycles. The van der Waals surface area contributed by atoms with Gasteiger partial charge in [0.15, 0.2) is 18.2 Å². The van der Waals surface area contributed by atoms with Crippen LogP contribution in [0.4, 0.5) is 0 Å². The molecule has 0 bridgehead atoms. The molecule has 1 saturated heterocycles. The molecule has 160 valence electrons. The van der Waals surface area contributed by atoms with E-state index in [1.54, 1.807) is 0 Å². The van der Waals surface area contributed by atoms with Crippen molar-refractivity contribution in [3.05, 3.63) is 36.3 Å². The van der Waals surface area contributed by atoms with Crippen molar-refractivity contribution in [2.24, 2.45) is 0 Å². The van der Waals surface area contributed by atoms with Crippen LogP contribution in [0.25, 0.3) is 0 Å². The van der Waals surface area contributed by atoms with Gasteiger partial charge in [-0.3, -0.25) is 4.90 Å². The van der Waals surface area contributed by atoms with Crippen molar-refractivity contribution in [3.8, 4) is 0 Å². The number of nitrogens with one attached hydrogen (secondary N) is 1. The molecule has 2 heterocycles. The van der Waals surface area contributed by atoms with Gasteiger partial charge in [0.05, 0.1) is 6.54 Å². The zero-order chi connectivity index (χ0) is 20.4. The highest BCUT2D eigenvalue weighted by molar-refractivity contribution is 6.20. The number of ether oxygens (including phenoxy) is 2. The van der Waals surface area contributed by atoms with Gasteiger partial charge >= 0.3 is 5.90 Å². The number of quaternary nitrogens is 1. The molecule has 29 heavy (non-hydrogen) atoms. The third-order valence-electron chi connectivity index (χ3n) is 6.84. The first-order chi connectivity index (χ1) is 14.1. The van der Waals surface area contributed by atoms with Crippen molar-refractivity contribution in [2.45, 2.75) is 87.4 Å². The number of hydrogen-bond acceptors (Lipinski definition) is 2. The van der Waals surface area contributed by atoms with Crippen LogP contribution in [-0.2, 0) is 9.47 Å². The first-order valence-corrected chi connectivity index (χ1v) is 12.1. The van der Waals surface area contributed by atoms with E-state index in [1.807, 2.05) is 0 Å². The van der Waals surface area contributed by atoms with Gasteiger partial charge in [-0.15, -0.1) is 23.2 Å². The van der Waals surface area contributed by atoms with Gasteiger partial charge in [-0.25, -0.2) is 0 Å². The second-order valence-electron chi connectivity index (χ2n) is 8.59. The van der Waals surface area contributed by atoms with Crippen LogP contribution in [0, 0.1) is 0 Å². The number of allylic oxidation sites excluding steroid dienone is 4. The minimum atomic E-state index is 0.275. The summed E-state index contributed by atoms with van der Waals surface area (Å²) in [5.41, 5.74) is 0. The van der Waals surface area contributed by atoms with Gasteiger partial charge in [-0.2, -0.15) is 4.58 Å². The fourth-order valence-corrected chi connectivity index (χ4v) is 6.02. The maximum absolute atomic E-state index is 6.40. The Morgan fingerprint density at radius 2 is 1.72 bits per heavy atom. The highest BCUT2D eigenvalue weighted by atomic mass is 35.5. The predicted octanol–water partition coefficient (Wildman–Crippen LogP) is 3.39. The third-order valence-corrected chi connectivity index (χ3v) is 7.63. The number of halogens is 2. The summed E-state index contributed by atoms with van der Waals surface area (Å²) in [5, 5.41) is 0.568. The molecule has 0 radical (unpaired) electrons. The SMILES string of the molecule is CC[N+]1=C(C=CC=CC=C2OC3CCC(Cl)CC3[NH+]2CC)OC2CCC(Cl)CC21. The molecular formula is C23H34Cl2N2O2+2. The lowest BCUT2D eigenvalue weighted by atomic mass is 9.92. The molecule has 2 saturated carbocycles. The van der Waals surface area contributed by atoms with Crippen LogP contribution in [0.2, 0.25) is 0 Å². The molecule has 1 N–H and O–H groups in total. The Balaban J connectivity index is 1.39. The van der Waals surface area contributed by atoms with Crippen molar-refractivity contribution in [3.63, 3.8) is 0 Å². The molecule has 3 fully saturated rings. The molecule has 7 atom stereocenters. The minimum absolute atomic E-state index is 0.275. The van der Waals surface area contributed by atoms with Crippen LogP contribution in [0.3, 0.4) is 0 Å². The van der Waals surface area contributed by atoms with E-state index in [0.29, 0.717) is 29.7 Å². The van der Waals surface area contributed by atoms with E-state index in [9.17, 15) is 0 Å². The van der Waals surface area contributed by atoms with Crippen LogP contribution < -0.4 is 4.90 Å². The minimum Gasteiger partial charge on any atom is -0.442 e. The average Bonchev–Trinajstić information content (AvgIpc) is 3.23. The molecule has 0 aromatic carbocycles. The lowest BCUT2D eigenvalue weighted by Gasteiger charge is -2.27. The maximum Gasteiger partial charge on any atom is 0.363 e. The van der Waals surface area contributed by atoms with Crippen LogP contribution in [0.15, 0.2) is 36.3 Å². The monoisotopic (exact) mass is 440 g/mol. The Kier molecular flexibility index (Phi) is 6.93. The van der Waals surface area contributed by atoms with Crippen molar-refractivity contribution >= 4 is 29.1 Å². The Morgan fingerprint density at radius 3 is 2.48 bits per heavy atom. The lowest BCUT2D eigenvalue weighted by Crippen LogP contribution is -3.12. The Morgan fingerprint density at radius 1 is 0.966 bits per heavy atom. The van der Waals surface area contributed by atoms with Crippen molar-refractivity contribution < 1.29 is 18.9 Å². The number of rotatable bonds is 5. The highest BCUT2D eigenvalue weighted by Crippen LogP contribution is 2.31. The fraction of sp³-hybridized carbons (Fsp3) is 0.696. The number of hydrogen-bond donors (Lipinski definition) is 1. The van der Waals surface area contributed by atoms with Gasteiger partial charge in [-0.1, -0.05) is 18.2 Å². The summed E-state index contributed by atoms with van der Waals surface area (Å²) in [6, 6.07) is 0.922. The normalized spacial score (nSPS) is 41.1. The second-order valence-corrected chi connectivity index (χ2v) is 9.82. The van der Waals surface area contributed by atoms with Crippen LogP contribution in [-0.4, -0.2) is 58.6 Å². The van der Waals surface area contributed by atoms with Crippen LogP contribution >= 0.6 is 23.2 Å². The molecule has 4 aliphatic rings. The summed E-state index contributed by atoms with van der Waals surface area (Å²) >= 11 is 12.8. The topological polar surface area (TPSA) is 25.9 Å². The molecule has 0 aromatic rings. The molecule has 4 rings (SSSR count). The number of nitrogens with zero attached hydrogens (tertiary/aromatic N) is 1. The number of likely N-dealkylation sites (N-methyl/N-ethyl adjacent to an activating group) is 2. The summed E-state index contributed by atoms with van der Waals surface area (Å²) in [6.45, 7) is 6.38. The van der Waals surface area contributed by atoms with Gasteiger partial charge in [-0.05, 0) is 39.5 Å². The molecule has 0 spiro atoms. The number of fused-ring (bicyclic) bond motifs is 2. The Labute approximate surface area is 184 Å². The Bertz CT molecular complexity index is 718. The quantitative estimate of drug-likeness (QED) is 0.402. The highest BCUT2D eigenvalue weighted by Gasteiger charge is 2.47. The molecular weight excluding hydrogens is 407 g/mol. The standard InChI is InChI=1S/C23H33Cl2N2O2/c1-3-26-18-14-16(24)10-12-20(18)28-22(26)8-6-5-7-9-23-27(4-2)19-15-17(25)11-13-21(19)29-23/h5-9,16-21H,3-4,10-15H2,1-2H3/q+1/p+1. The van der Waals surface area contributed by atoms with Gasteiger partial charge in [0.1, 0.15) is 12.6 Å². The van der Waals surface area contributed by atoms with Crippen molar-refractivity contribution in [2.75, 3.05) is 13.1 Å². The number of alkyl halides is 2. The molecule has 2 aliphatic carbocycles. The van der Waals surface area contributed by atoms with Gasteiger partial charge in [0, 0.05) is 35.7 Å². The predicted molar refractivity (Wildman–Crippen MR) is 118 cm³/mol. The second kappa shape index (κ2) is 9.45. The van der Waals surface area contributed by atoms with Crippen molar-refractivity contribution in [1.29, 1.82) is 0 Å². The zero-order valence-corrected chi connectivity index (χ0v) is 19.0. The van der Waals surface area contributed by atoms with Gasteiger partial charge in [0.2, 0.25) is 0 Å². The van der Waals surface area contributed by atoms with E-state index in [2.05, 4.69) is 48.8 Å². The maximum atomic E-state index is 6.40. The third kappa shape index (κ3) is 4.55. The molecule has 4 nitrogen and oxygen atoms in total.